The molecule has 1 saturated heterocycles. The number of nitrogens with one attached hydrogen (secondary N) is 1. The van der Waals surface area contributed by atoms with E-state index in [0.717, 1.165) is 34.7 Å². The number of carbonyl (C=O) groups excluding carboxylic acids is 2. The molecule has 0 radical (unpaired) electrons. The molecule has 0 bridgehead atoms. The van der Waals surface area contributed by atoms with Crippen LogP contribution in [-0.4, -0.2) is 41.9 Å². The van der Waals surface area contributed by atoms with Gasteiger partial charge < -0.3 is 15.0 Å². The van der Waals surface area contributed by atoms with E-state index in [2.05, 4.69) is 22.1 Å². The average molecular weight is 474 g/mol. The number of benzene rings is 2. The van der Waals surface area contributed by atoms with Gasteiger partial charge in [0.25, 0.3) is 11.8 Å². The molecule has 6 nitrogen and oxygen atoms in total. The maximum atomic E-state index is 12.7. The third-order valence-corrected chi connectivity index (χ3v) is 6.92. The van der Waals surface area contributed by atoms with Crippen molar-refractivity contribution in [3.05, 3.63) is 81.8 Å². The van der Waals surface area contributed by atoms with Gasteiger partial charge in [-0.25, -0.2) is 4.98 Å². The molecule has 7 heteroatoms. The van der Waals surface area contributed by atoms with E-state index >= 15 is 0 Å². The molecule has 0 aliphatic carbocycles. The number of likely N-dealkylation sites (tertiary alicyclic amines) is 1. The lowest BCUT2D eigenvalue weighted by Gasteiger charge is -2.29. The van der Waals surface area contributed by atoms with Crippen LogP contribution in [0.15, 0.2) is 60.0 Å². The highest BCUT2D eigenvalue weighted by molar-refractivity contribution is 7.09. The molecule has 3 aromatic rings. The zero-order valence-electron chi connectivity index (χ0n) is 19.3. The van der Waals surface area contributed by atoms with Crippen LogP contribution in [0.25, 0.3) is 0 Å². The highest BCUT2D eigenvalue weighted by atomic mass is 32.1. The van der Waals surface area contributed by atoms with Crippen molar-refractivity contribution < 1.29 is 14.3 Å². The SMILES string of the molecule is COc1cccc(C(C)NC(=O)c2csc(C3CCN(C(=O)C#Cc4ccccc4)CC3)n2)c1. The molecule has 1 fully saturated rings. The van der Waals surface area contributed by atoms with Crippen LogP contribution in [-0.2, 0) is 4.79 Å². The number of hydrogen-bond acceptors (Lipinski definition) is 5. The van der Waals surface area contributed by atoms with Gasteiger partial charge in [0.15, 0.2) is 0 Å². The average Bonchev–Trinajstić information content (AvgIpc) is 3.38. The second kappa shape index (κ2) is 11.0. The Labute approximate surface area is 204 Å². The van der Waals surface area contributed by atoms with Crippen LogP contribution in [0.4, 0.5) is 0 Å². The number of methoxy groups -OCH3 is 1. The van der Waals surface area contributed by atoms with Crippen molar-refractivity contribution in [2.75, 3.05) is 20.2 Å². The van der Waals surface area contributed by atoms with Crippen molar-refractivity contribution in [2.45, 2.75) is 31.7 Å². The van der Waals surface area contributed by atoms with Crippen LogP contribution in [0.3, 0.4) is 0 Å². The number of hydrogen-bond donors (Lipinski definition) is 1. The first-order valence-electron chi connectivity index (χ1n) is 11.3. The van der Waals surface area contributed by atoms with E-state index in [0.29, 0.717) is 18.8 Å². The molecule has 34 heavy (non-hydrogen) atoms. The molecule has 1 N–H and O–H groups in total. The van der Waals surface area contributed by atoms with Crippen molar-refractivity contribution in [1.82, 2.24) is 15.2 Å². The smallest absolute Gasteiger partial charge is 0.298 e. The van der Waals surface area contributed by atoms with Crippen molar-refractivity contribution >= 4 is 23.2 Å². The van der Waals surface area contributed by atoms with Gasteiger partial charge in [0.05, 0.1) is 18.2 Å². The van der Waals surface area contributed by atoms with E-state index in [1.54, 1.807) is 12.0 Å². The molecular weight excluding hydrogens is 446 g/mol. The van der Waals surface area contributed by atoms with Gasteiger partial charge in [-0.15, -0.1) is 11.3 Å². The molecule has 4 rings (SSSR count). The summed E-state index contributed by atoms with van der Waals surface area (Å²) in [5.74, 6) is 6.34. The minimum atomic E-state index is -0.193. The Kier molecular flexibility index (Phi) is 7.61. The molecule has 1 atom stereocenters. The van der Waals surface area contributed by atoms with Gasteiger partial charge in [-0.05, 0) is 49.6 Å². The molecule has 0 spiro atoms. The number of thiazole rings is 1. The van der Waals surface area contributed by atoms with E-state index in [-0.39, 0.29) is 23.8 Å². The van der Waals surface area contributed by atoms with Crippen molar-refractivity contribution in [3.8, 4) is 17.6 Å². The summed E-state index contributed by atoms with van der Waals surface area (Å²) in [6.45, 7) is 3.22. The molecule has 0 saturated carbocycles. The zero-order valence-corrected chi connectivity index (χ0v) is 20.1. The molecule has 2 amide bonds. The number of aromatic nitrogens is 1. The van der Waals surface area contributed by atoms with Gasteiger partial charge in [0, 0.05) is 35.9 Å². The van der Waals surface area contributed by atoms with Crippen LogP contribution in [0.1, 0.15) is 58.3 Å². The summed E-state index contributed by atoms with van der Waals surface area (Å²) in [4.78, 5) is 31.6. The Morgan fingerprint density at radius 3 is 2.65 bits per heavy atom. The molecule has 174 valence electrons. The van der Waals surface area contributed by atoms with Gasteiger partial charge in [0.2, 0.25) is 0 Å². The molecule has 1 aliphatic rings. The summed E-state index contributed by atoms with van der Waals surface area (Å²) in [7, 11) is 1.62. The van der Waals surface area contributed by atoms with Crippen molar-refractivity contribution in [3.63, 3.8) is 0 Å². The Bertz CT molecular complexity index is 1200. The fraction of sp³-hybridized carbons (Fsp3) is 0.296. The standard InChI is InChI=1S/C27H27N3O3S/c1-19(22-9-6-10-23(17-22)33-2)28-26(32)24-18-34-27(29-24)21-13-15-30(16-14-21)25(31)12-11-20-7-4-3-5-8-20/h3-10,17-19,21H,13-16H2,1-2H3,(H,28,32). The van der Waals surface area contributed by atoms with Crippen LogP contribution < -0.4 is 10.1 Å². The summed E-state index contributed by atoms with van der Waals surface area (Å²) >= 11 is 1.51. The molecule has 2 aromatic carbocycles. The lowest BCUT2D eigenvalue weighted by atomic mass is 9.97. The van der Waals surface area contributed by atoms with Crippen molar-refractivity contribution in [1.29, 1.82) is 0 Å². The Balaban J connectivity index is 1.31. The first-order valence-corrected chi connectivity index (χ1v) is 12.2. The molecule has 1 aromatic heterocycles. The number of piperidine rings is 1. The summed E-state index contributed by atoms with van der Waals surface area (Å²) in [6, 6.07) is 17.0. The highest BCUT2D eigenvalue weighted by Gasteiger charge is 2.26. The maximum absolute atomic E-state index is 12.7. The predicted molar refractivity (Wildman–Crippen MR) is 133 cm³/mol. The van der Waals surface area contributed by atoms with Gasteiger partial charge in [-0.1, -0.05) is 36.3 Å². The third-order valence-electron chi connectivity index (χ3n) is 5.91. The van der Waals surface area contributed by atoms with Crippen molar-refractivity contribution in [2.24, 2.45) is 0 Å². The highest BCUT2D eigenvalue weighted by Crippen LogP contribution is 2.30. The second-order valence-electron chi connectivity index (χ2n) is 8.23. The topological polar surface area (TPSA) is 71.5 Å². The fourth-order valence-corrected chi connectivity index (χ4v) is 4.87. The third kappa shape index (κ3) is 5.83. The van der Waals surface area contributed by atoms with Crippen LogP contribution >= 0.6 is 11.3 Å². The second-order valence-corrected chi connectivity index (χ2v) is 9.11. The van der Waals surface area contributed by atoms with Gasteiger partial charge in [-0.3, -0.25) is 9.59 Å². The molecule has 2 heterocycles. The first kappa shape index (κ1) is 23.5. The number of ether oxygens (including phenoxy) is 1. The van der Waals surface area contributed by atoms with Gasteiger partial charge in [-0.2, -0.15) is 0 Å². The summed E-state index contributed by atoms with van der Waals surface area (Å²) in [5.41, 5.74) is 2.23. The number of nitrogens with zero attached hydrogens (tertiary/aromatic N) is 2. The van der Waals surface area contributed by atoms with Gasteiger partial charge in [0.1, 0.15) is 11.4 Å². The van der Waals surface area contributed by atoms with E-state index in [9.17, 15) is 9.59 Å². The maximum Gasteiger partial charge on any atom is 0.298 e. The minimum Gasteiger partial charge on any atom is -0.497 e. The predicted octanol–water partition coefficient (Wildman–Crippen LogP) is 4.40. The lowest BCUT2D eigenvalue weighted by Crippen LogP contribution is -2.37. The zero-order chi connectivity index (χ0) is 23.9. The van der Waals surface area contributed by atoms with E-state index in [1.807, 2.05) is 66.9 Å². The lowest BCUT2D eigenvalue weighted by molar-refractivity contribution is -0.126. The summed E-state index contributed by atoms with van der Waals surface area (Å²) in [5, 5.41) is 5.77. The van der Waals surface area contributed by atoms with E-state index < -0.39 is 0 Å². The Morgan fingerprint density at radius 2 is 1.91 bits per heavy atom. The Hall–Kier alpha value is -3.63. The number of amides is 2. The van der Waals surface area contributed by atoms with E-state index in [1.165, 1.54) is 11.3 Å². The fourth-order valence-electron chi connectivity index (χ4n) is 3.90. The summed E-state index contributed by atoms with van der Waals surface area (Å²) < 4.78 is 5.27. The van der Waals surface area contributed by atoms with Crippen LogP contribution in [0.5, 0.6) is 5.75 Å². The first-order chi connectivity index (χ1) is 16.5. The number of carbonyl (C=O) groups is 2. The molecule has 1 aliphatic heterocycles. The Morgan fingerprint density at radius 1 is 1.15 bits per heavy atom. The summed E-state index contributed by atoms with van der Waals surface area (Å²) in [6.07, 6.45) is 1.63. The number of rotatable bonds is 5. The quantitative estimate of drug-likeness (QED) is 0.558. The van der Waals surface area contributed by atoms with Crippen LogP contribution in [0, 0.1) is 11.8 Å². The van der Waals surface area contributed by atoms with E-state index in [4.69, 9.17) is 4.74 Å². The molecular formula is C27H27N3O3S. The monoisotopic (exact) mass is 473 g/mol. The normalized spacial score (nSPS) is 14.6. The van der Waals surface area contributed by atoms with Crippen LogP contribution in [0.2, 0.25) is 0 Å². The largest absolute Gasteiger partial charge is 0.497 e. The minimum absolute atomic E-state index is 0.145. The van der Waals surface area contributed by atoms with Gasteiger partial charge >= 0.3 is 0 Å². The molecule has 1 unspecified atom stereocenters.